The van der Waals surface area contributed by atoms with E-state index in [9.17, 15) is 9.59 Å². The highest BCUT2D eigenvalue weighted by molar-refractivity contribution is 7.98. The van der Waals surface area contributed by atoms with Gasteiger partial charge in [-0.1, -0.05) is 11.6 Å². The lowest BCUT2D eigenvalue weighted by molar-refractivity contribution is 0.0526. The minimum Gasteiger partial charge on any atom is -0.462 e. The van der Waals surface area contributed by atoms with Gasteiger partial charge >= 0.3 is 5.97 Å². The number of carbonyl (C=O) groups excluding carboxylic acids is 2. The molecule has 3 nitrogen and oxygen atoms in total. The Hall–Kier alpha value is -1.00. The smallest absolute Gasteiger partial charge is 0.339 e. The summed E-state index contributed by atoms with van der Waals surface area (Å²) in [4.78, 5) is 23.1. The van der Waals surface area contributed by atoms with E-state index in [1.54, 1.807) is 19.1 Å². The van der Waals surface area contributed by atoms with Gasteiger partial charge in [-0.3, -0.25) is 4.79 Å². The summed E-state index contributed by atoms with van der Waals surface area (Å²) in [6, 6.07) is 3.26. The van der Waals surface area contributed by atoms with Crippen LogP contribution in [0.25, 0.3) is 0 Å². The van der Waals surface area contributed by atoms with Crippen molar-refractivity contribution in [3.05, 3.63) is 28.3 Å². The molecule has 0 spiro atoms. The summed E-state index contributed by atoms with van der Waals surface area (Å²) in [6.45, 7) is 1.98. The summed E-state index contributed by atoms with van der Waals surface area (Å²) in [5, 5.41) is 0.153. The molecule has 1 rings (SSSR count). The Morgan fingerprint density at radius 1 is 1.56 bits per heavy atom. The number of benzene rings is 1. The average Bonchev–Trinajstić information content (AvgIpc) is 2.28. The lowest BCUT2D eigenvalue weighted by Crippen LogP contribution is -2.07. The van der Waals surface area contributed by atoms with Crippen LogP contribution in [0, 0.1) is 0 Å². The van der Waals surface area contributed by atoms with Gasteiger partial charge in [0.15, 0.2) is 6.29 Å². The van der Waals surface area contributed by atoms with Crippen LogP contribution in [-0.4, -0.2) is 25.1 Å². The molecule has 0 aromatic heterocycles. The zero-order chi connectivity index (χ0) is 12.1. The van der Waals surface area contributed by atoms with Crippen LogP contribution in [0.5, 0.6) is 0 Å². The number of esters is 1. The van der Waals surface area contributed by atoms with Gasteiger partial charge in [0.25, 0.3) is 0 Å². The van der Waals surface area contributed by atoms with Gasteiger partial charge in [-0.05, 0) is 25.3 Å². The molecule has 0 unspecified atom stereocenters. The summed E-state index contributed by atoms with van der Waals surface area (Å²) in [5.41, 5.74) is 0.558. The number of ether oxygens (including phenoxy) is 1. The van der Waals surface area contributed by atoms with Crippen molar-refractivity contribution in [1.82, 2.24) is 0 Å². The summed E-state index contributed by atoms with van der Waals surface area (Å²) < 4.78 is 4.84. The highest BCUT2D eigenvalue weighted by Gasteiger charge is 2.16. The van der Waals surface area contributed by atoms with E-state index < -0.39 is 5.97 Å². The zero-order valence-corrected chi connectivity index (χ0v) is 10.5. The number of hydrogen-bond donors (Lipinski definition) is 0. The number of thioether (sulfide) groups is 1. The normalized spacial score (nSPS) is 9.94. The molecule has 0 saturated heterocycles. The second-order valence-electron chi connectivity index (χ2n) is 2.88. The second kappa shape index (κ2) is 5.92. The van der Waals surface area contributed by atoms with Crippen LogP contribution < -0.4 is 0 Å². The fourth-order valence-corrected chi connectivity index (χ4v) is 2.15. The fraction of sp³-hybridized carbons (Fsp3) is 0.273. The van der Waals surface area contributed by atoms with Crippen molar-refractivity contribution in [2.45, 2.75) is 11.8 Å². The van der Waals surface area contributed by atoms with Crippen molar-refractivity contribution in [2.24, 2.45) is 0 Å². The highest BCUT2D eigenvalue weighted by atomic mass is 35.5. The Balaban J connectivity index is 3.23. The van der Waals surface area contributed by atoms with E-state index in [0.29, 0.717) is 11.8 Å². The van der Waals surface area contributed by atoms with E-state index in [1.165, 1.54) is 11.8 Å². The van der Waals surface area contributed by atoms with E-state index in [1.807, 2.05) is 6.26 Å². The predicted octanol–water partition coefficient (Wildman–Crippen LogP) is 3.05. The van der Waals surface area contributed by atoms with Crippen LogP contribution in [0.15, 0.2) is 17.0 Å². The molecule has 5 heteroatoms. The first-order valence-corrected chi connectivity index (χ1v) is 6.24. The molecule has 0 atom stereocenters. The lowest BCUT2D eigenvalue weighted by Gasteiger charge is -2.08. The summed E-state index contributed by atoms with van der Waals surface area (Å²) in [5.74, 6) is -0.511. The van der Waals surface area contributed by atoms with Gasteiger partial charge in [-0.25, -0.2) is 4.79 Å². The maximum Gasteiger partial charge on any atom is 0.339 e. The first kappa shape index (κ1) is 13.1. The first-order chi connectivity index (χ1) is 7.65. The summed E-state index contributed by atoms with van der Waals surface area (Å²) >= 11 is 7.38. The Morgan fingerprint density at radius 2 is 2.25 bits per heavy atom. The van der Waals surface area contributed by atoms with Crippen molar-refractivity contribution in [2.75, 3.05) is 12.9 Å². The molecule has 86 valence electrons. The first-order valence-electron chi connectivity index (χ1n) is 4.64. The van der Waals surface area contributed by atoms with E-state index >= 15 is 0 Å². The highest BCUT2D eigenvalue weighted by Crippen LogP contribution is 2.29. The molecule has 16 heavy (non-hydrogen) atoms. The van der Waals surface area contributed by atoms with Crippen LogP contribution in [-0.2, 0) is 4.74 Å². The molecule has 0 aliphatic rings. The summed E-state index contributed by atoms with van der Waals surface area (Å²) in [7, 11) is 0. The van der Waals surface area contributed by atoms with Gasteiger partial charge < -0.3 is 4.74 Å². The van der Waals surface area contributed by atoms with Gasteiger partial charge in [-0.2, -0.15) is 0 Å². The van der Waals surface area contributed by atoms with Crippen molar-refractivity contribution >= 4 is 35.6 Å². The number of carbonyl (C=O) groups is 2. The van der Waals surface area contributed by atoms with Gasteiger partial charge in [0, 0.05) is 10.5 Å². The average molecular weight is 259 g/mol. The fourth-order valence-electron chi connectivity index (χ4n) is 1.23. The van der Waals surface area contributed by atoms with Crippen LogP contribution in [0.1, 0.15) is 27.6 Å². The van der Waals surface area contributed by atoms with Gasteiger partial charge in [0.05, 0.1) is 17.2 Å². The molecule has 0 radical (unpaired) electrons. The largest absolute Gasteiger partial charge is 0.462 e. The number of rotatable bonds is 4. The molecule has 0 saturated carbocycles. The topological polar surface area (TPSA) is 43.4 Å². The van der Waals surface area contributed by atoms with E-state index in [2.05, 4.69) is 0 Å². The quantitative estimate of drug-likeness (QED) is 0.473. The lowest BCUT2D eigenvalue weighted by atomic mass is 10.1. The maximum absolute atomic E-state index is 11.5. The molecule has 1 aromatic rings. The molecule has 0 amide bonds. The molecule has 0 N–H and O–H groups in total. The van der Waals surface area contributed by atoms with Crippen LogP contribution >= 0.6 is 23.4 Å². The minimum absolute atomic E-state index is 0.153. The molecular formula is C11H11ClO3S. The van der Waals surface area contributed by atoms with Crippen LogP contribution in [0.3, 0.4) is 0 Å². The maximum atomic E-state index is 11.5. The van der Waals surface area contributed by atoms with Crippen LogP contribution in [0.2, 0.25) is 5.02 Å². The van der Waals surface area contributed by atoms with Crippen molar-refractivity contribution in [3.8, 4) is 0 Å². The van der Waals surface area contributed by atoms with Gasteiger partial charge in [0.1, 0.15) is 0 Å². The molecule has 0 heterocycles. The molecule has 0 aliphatic heterocycles. The Bertz CT molecular complexity index is 418. The molecule has 1 aromatic carbocycles. The van der Waals surface area contributed by atoms with Crippen LogP contribution in [0.4, 0.5) is 0 Å². The third-order valence-corrected chi connectivity index (χ3v) is 3.18. The van der Waals surface area contributed by atoms with Crippen molar-refractivity contribution in [3.63, 3.8) is 0 Å². The third kappa shape index (κ3) is 2.57. The van der Waals surface area contributed by atoms with Crippen molar-refractivity contribution in [1.29, 1.82) is 0 Å². The van der Waals surface area contributed by atoms with Gasteiger partial charge in [-0.15, -0.1) is 11.8 Å². The number of aldehydes is 1. The van der Waals surface area contributed by atoms with E-state index in [-0.39, 0.29) is 17.2 Å². The standard InChI is InChI=1S/C11H11ClO3S/c1-3-15-11(14)7-4-5-9(16-2)8(6-13)10(7)12/h4-6H,3H2,1-2H3. The molecular weight excluding hydrogens is 248 g/mol. The van der Waals surface area contributed by atoms with Gasteiger partial charge in [0.2, 0.25) is 0 Å². The predicted molar refractivity (Wildman–Crippen MR) is 64.6 cm³/mol. The molecule has 0 bridgehead atoms. The number of halogens is 1. The Labute approximate surface area is 103 Å². The molecule has 0 aliphatic carbocycles. The Morgan fingerprint density at radius 3 is 2.75 bits per heavy atom. The second-order valence-corrected chi connectivity index (χ2v) is 4.11. The molecule has 0 fully saturated rings. The monoisotopic (exact) mass is 258 g/mol. The number of hydrogen-bond acceptors (Lipinski definition) is 4. The minimum atomic E-state index is -0.511. The zero-order valence-electron chi connectivity index (χ0n) is 8.95. The SMILES string of the molecule is CCOC(=O)c1ccc(SC)c(C=O)c1Cl. The van der Waals surface area contributed by atoms with Crippen molar-refractivity contribution < 1.29 is 14.3 Å². The Kier molecular flexibility index (Phi) is 4.83. The summed E-state index contributed by atoms with van der Waals surface area (Å²) in [6.07, 6.45) is 2.49. The van der Waals surface area contributed by atoms with E-state index in [4.69, 9.17) is 16.3 Å². The third-order valence-electron chi connectivity index (χ3n) is 1.97. The van der Waals surface area contributed by atoms with E-state index in [0.717, 1.165) is 4.90 Å².